The molecule has 0 aliphatic carbocycles. The molecule has 0 aliphatic rings. The first-order chi connectivity index (χ1) is 10.8. The Morgan fingerprint density at radius 3 is 2.73 bits per heavy atom. The third-order valence-corrected chi connectivity index (χ3v) is 3.58. The number of nitrogens with one attached hydrogen (secondary N) is 1. The lowest BCUT2D eigenvalue weighted by atomic mass is 10.1. The Morgan fingerprint density at radius 1 is 0.955 bits per heavy atom. The van der Waals surface area contributed by atoms with Gasteiger partial charge in [-0.2, -0.15) is 5.26 Å². The van der Waals surface area contributed by atoms with E-state index in [0.717, 1.165) is 16.4 Å². The van der Waals surface area contributed by atoms with Gasteiger partial charge in [0.15, 0.2) is 0 Å². The first-order valence-electron chi connectivity index (χ1n) is 6.88. The molecule has 2 aromatic carbocycles. The van der Waals surface area contributed by atoms with Crippen molar-refractivity contribution in [3.05, 3.63) is 66.4 Å². The largest absolute Gasteiger partial charge is 0.438 e. The predicted molar refractivity (Wildman–Crippen MR) is 84.8 cm³/mol. The molecule has 104 valence electrons. The summed E-state index contributed by atoms with van der Waals surface area (Å²) in [6, 6.07) is 19.5. The number of aromatic nitrogens is 2. The summed E-state index contributed by atoms with van der Waals surface area (Å²) in [5.41, 5.74) is 2.50. The molecule has 4 rings (SSSR count). The van der Waals surface area contributed by atoms with Crippen LogP contribution in [0.4, 0.5) is 0 Å². The lowest BCUT2D eigenvalue weighted by Crippen LogP contribution is -1.91. The van der Waals surface area contributed by atoms with Crippen LogP contribution in [0.3, 0.4) is 0 Å². The molecule has 1 N–H and O–H groups in total. The van der Waals surface area contributed by atoms with Gasteiger partial charge in [-0.05, 0) is 30.3 Å². The minimum atomic E-state index is 0.320. The highest BCUT2D eigenvalue weighted by molar-refractivity contribution is 6.07. The SMILES string of the molecule is N#Cc1cccnc1Oc1ccc2c(c1)[nH]c1ccccc12. The predicted octanol–water partition coefficient (Wildman–Crippen LogP) is 4.38. The van der Waals surface area contributed by atoms with Crippen molar-refractivity contribution in [3.8, 4) is 17.7 Å². The lowest BCUT2D eigenvalue weighted by molar-refractivity contribution is 0.462. The summed E-state index contributed by atoms with van der Waals surface area (Å²) >= 11 is 0. The maximum atomic E-state index is 9.09. The Balaban J connectivity index is 1.80. The van der Waals surface area contributed by atoms with Crippen molar-refractivity contribution < 1.29 is 4.74 Å². The molecule has 22 heavy (non-hydrogen) atoms. The molecule has 0 amide bonds. The van der Waals surface area contributed by atoms with E-state index in [1.165, 1.54) is 5.39 Å². The Bertz CT molecular complexity index is 1030. The molecule has 0 radical (unpaired) electrons. The molecule has 0 spiro atoms. The van der Waals surface area contributed by atoms with E-state index in [2.05, 4.69) is 22.1 Å². The highest BCUT2D eigenvalue weighted by Crippen LogP contribution is 2.30. The van der Waals surface area contributed by atoms with E-state index in [1.54, 1.807) is 18.3 Å². The van der Waals surface area contributed by atoms with Crippen LogP contribution in [0.25, 0.3) is 21.8 Å². The number of ether oxygens (including phenoxy) is 1. The van der Waals surface area contributed by atoms with Gasteiger partial charge in [0.25, 0.3) is 0 Å². The molecule has 2 aromatic heterocycles. The number of para-hydroxylation sites is 1. The summed E-state index contributed by atoms with van der Waals surface area (Å²) in [5, 5.41) is 11.4. The van der Waals surface area contributed by atoms with Crippen molar-refractivity contribution in [2.75, 3.05) is 0 Å². The van der Waals surface area contributed by atoms with Crippen LogP contribution < -0.4 is 4.74 Å². The molecule has 2 heterocycles. The average molecular weight is 285 g/mol. The second-order valence-corrected chi connectivity index (χ2v) is 4.95. The van der Waals surface area contributed by atoms with Crippen LogP contribution >= 0.6 is 0 Å². The van der Waals surface area contributed by atoms with Crippen LogP contribution in [0.2, 0.25) is 0 Å². The van der Waals surface area contributed by atoms with E-state index in [0.29, 0.717) is 17.2 Å². The molecular formula is C18H11N3O. The zero-order chi connectivity index (χ0) is 14.9. The second-order valence-electron chi connectivity index (χ2n) is 4.95. The monoisotopic (exact) mass is 285 g/mol. The zero-order valence-corrected chi connectivity index (χ0v) is 11.6. The molecule has 0 unspecified atom stereocenters. The lowest BCUT2D eigenvalue weighted by Gasteiger charge is -2.05. The maximum absolute atomic E-state index is 9.09. The second kappa shape index (κ2) is 4.90. The summed E-state index contributed by atoms with van der Waals surface area (Å²) in [6.45, 7) is 0. The van der Waals surface area contributed by atoms with Gasteiger partial charge in [0.05, 0.1) is 5.52 Å². The maximum Gasteiger partial charge on any atom is 0.237 e. The Morgan fingerprint density at radius 2 is 1.82 bits per heavy atom. The normalized spacial score (nSPS) is 10.7. The van der Waals surface area contributed by atoms with Crippen molar-refractivity contribution in [1.29, 1.82) is 5.26 Å². The number of nitriles is 1. The van der Waals surface area contributed by atoms with Crippen LogP contribution in [0.5, 0.6) is 11.6 Å². The van der Waals surface area contributed by atoms with Gasteiger partial charge in [-0.25, -0.2) is 4.98 Å². The van der Waals surface area contributed by atoms with Gasteiger partial charge in [0.1, 0.15) is 17.4 Å². The summed E-state index contributed by atoms with van der Waals surface area (Å²) in [7, 11) is 0. The molecule has 4 aromatic rings. The number of nitrogens with zero attached hydrogens (tertiary/aromatic N) is 2. The fraction of sp³-hybridized carbons (Fsp3) is 0. The highest BCUT2D eigenvalue weighted by atomic mass is 16.5. The summed E-state index contributed by atoms with van der Waals surface area (Å²) in [4.78, 5) is 7.48. The number of H-pyrrole nitrogens is 1. The minimum absolute atomic E-state index is 0.320. The average Bonchev–Trinajstić information content (AvgIpc) is 2.93. The molecule has 0 fully saturated rings. The number of pyridine rings is 1. The van der Waals surface area contributed by atoms with Crippen molar-refractivity contribution in [2.24, 2.45) is 0 Å². The van der Waals surface area contributed by atoms with Gasteiger partial charge in [0.2, 0.25) is 5.88 Å². The van der Waals surface area contributed by atoms with Crippen LogP contribution in [0, 0.1) is 11.3 Å². The Hall–Kier alpha value is -3.32. The van der Waals surface area contributed by atoms with Gasteiger partial charge >= 0.3 is 0 Å². The number of aromatic amines is 1. The number of hydrogen-bond acceptors (Lipinski definition) is 3. The van der Waals surface area contributed by atoms with E-state index in [4.69, 9.17) is 10.00 Å². The van der Waals surface area contributed by atoms with Crippen LogP contribution in [-0.4, -0.2) is 9.97 Å². The summed E-state index contributed by atoms with van der Waals surface area (Å²) in [6.07, 6.45) is 1.61. The van der Waals surface area contributed by atoms with Crippen LogP contribution in [-0.2, 0) is 0 Å². The summed E-state index contributed by atoms with van der Waals surface area (Å²) in [5.74, 6) is 0.967. The number of fused-ring (bicyclic) bond motifs is 3. The zero-order valence-electron chi connectivity index (χ0n) is 11.6. The van der Waals surface area contributed by atoms with E-state index in [-0.39, 0.29) is 0 Å². The topological polar surface area (TPSA) is 61.7 Å². The first kappa shape index (κ1) is 12.4. The number of hydrogen-bond donors (Lipinski definition) is 1. The third-order valence-electron chi connectivity index (χ3n) is 3.58. The minimum Gasteiger partial charge on any atom is -0.438 e. The van der Waals surface area contributed by atoms with Crippen LogP contribution in [0.15, 0.2) is 60.8 Å². The number of benzene rings is 2. The van der Waals surface area contributed by atoms with Crippen LogP contribution in [0.1, 0.15) is 5.56 Å². The van der Waals surface area contributed by atoms with Crippen molar-refractivity contribution >= 4 is 21.8 Å². The van der Waals surface area contributed by atoms with Gasteiger partial charge < -0.3 is 9.72 Å². The van der Waals surface area contributed by atoms with E-state index in [9.17, 15) is 0 Å². The first-order valence-corrected chi connectivity index (χ1v) is 6.88. The van der Waals surface area contributed by atoms with Crippen molar-refractivity contribution in [2.45, 2.75) is 0 Å². The quantitative estimate of drug-likeness (QED) is 0.594. The molecule has 0 saturated heterocycles. The molecule has 0 saturated carbocycles. The Kier molecular flexibility index (Phi) is 2.77. The molecule has 0 aliphatic heterocycles. The van der Waals surface area contributed by atoms with E-state index < -0.39 is 0 Å². The van der Waals surface area contributed by atoms with Crippen molar-refractivity contribution in [3.63, 3.8) is 0 Å². The fourth-order valence-corrected chi connectivity index (χ4v) is 2.57. The van der Waals surface area contributed by atoms with Gasteiger partial charge in [-0.15, -0.1) is 0 Å². The Labute approximate surface area is 126 Å². The van der Waals surface area contributed by atoms with Crippen molar-refractivity contribution in [1.82, 2.24) is 9.97 Å². The molecular weight excluding hydrogens is 274 g/mol. The standard InChI is InChI=1S/C18H11N3O/c19-11-12-4-3-9-20-18(12)22-13-7-8-15-14-5-1-2-6-16(14)21-17(15)10-13/h1-10,21H. The molecule has 4 heteroatoms. The number of rotatable bonds is 2. The van der Waals surface area contributed by atoms with Gasteiger partial charge in [-0.3, -0.25) is 0 Å². The molecule has 4 nitrogen and oxygen atoms in total. The van der Waals surface area contributed by atoms with E-state index >= 15 is 0 Å². The summed E-state index contributed by atoms with van der Waals surface area (Å²) < 4.78 is 5.75. The third kappa shape index (κ3) is 1.97. The molecule has 0 bridgehead atoms. The smallest absolute Gasteiger partial charge is 0.237 e. The molecule has 0 atom stereocenters. The highest BCUT2D eigenvalue weighted by Gasteiger charge is 2.08. The van der Waals surface area contributed by atoms with E-state index in [1.807, 2.05) is 36.4 Å². The fourth-order valence-electron chi connectivity index (χ4n) is 2.57. The van der Waals surface area contributed by atoms with Gasteiger partial charge in [0, 0.05) is 28.6 Å². The van der Waals surface area contributed by atoms with Gasteiger partial charge in [-0.1, -0.05) is 18.2 Å².